The second kappa shape index (κ2) is 8.35. The lowest BCUT2D eigenvalue weighted by Gasteiger charge is -2.41. The fourth-order valence-corrected chi connectivity index (χ4v) is 4.16. The molecule has 0 N–H and O–H groups in total. The summed E-state index contributed by atoms with van der Waals surface area (Å²) in [5.74, 6) is -2.11. The van der Waals surface area contributed by atoms with Gasteiger partial charge < -0.3 is 14.2 Å². The summed E-state index contributed by atoms with van der Waals surface area (Å²) in [7, 11) is 0. The van der Waals surface area contributed by atoms with E-state index in [2.05, 4.69) is 0 Å². The molecule has 4 rings (SSSR count). The van der Waals surface area contributed by atoms with Crippen LogP contribution in [0.5, 0.6) is 0 Å². The van der Waals surface area contributed by atoms with Crippen LogP contribution in [0.4, 0.5) is 5.69 Å². The number of Topliss-reactive ketones (excluding diaryl/α,β-unsaturated/α-hetero) is 1. The molecule has 0 unspecified atom stereocenters. The standard InChI is InChI=1S/C24H23NO6/c1-3-29-18-15-24(23(28)30-4-2)19(21(31-18)16-11-7-5-8-12-16)20(26)22(27)25(24)17-13-9-6-10-14-17/h5-14,18H,3-4,15H2,1-2H3/t18-,24-/m1/s1. The van der Waals surface area contributed by atoms with Gasteiger partial charge in [-0.2, -0.15) is 0 Å². The number of esters is 1. The highest BCUT2D eigenvalue weighted by Gasteiger charge is 2.66. The zero-order valence-corrected chi connectivity index (χ0v) is 17.4. The van der Waals surface area contributed by atoms with Crippen LogP contribution in [0.1, 0.15) is 25.8 Å². The molecular weight excluding hydrogens is 398 g/mol. The van der Waals surface area contributed by atoms with E-state index >= 15 is 0 Å². The lowest BCUT2D eigenvalue weighted by molar-refractivity contribution is -0.158. The van der Waals surface area contributed by atoms with Gasteiger partial charge in [0.2, 0.25) is 6.29 Å². The Morgan fingerprint density at radius 2 is 1.68 bits per heavy atom. The Morgan fingerprint density at radius 1 is 1.03 bits per heavy atom. The molecule has 2 heterocycles. The van der Waals surface area contributed by atoms with E-state index in [4.69, 9.17) is 14.2 Å². The van der Waals surface area contributed by atoms with Crippen LogP contribution in [0.2, 0.25) is 0 Å². The van der Waals surface area contributed by atoms with Gasteiger partial charge in [0.1, 0.15) is 5.76 Å². The van der Waals surface area contributed by atoms with E-state index in [9.17, 15) is 14.4 Å². The quantitative estimate of drug-likeness (QED) is 0.527. The van der Waals surface area contributed by atoms with Gasteiger partial charge in [-0.05, 0) is 26.0 Å². The molecule has 2 aromatic rings. The molecule has 1 saturated heterocycles. The molecule has 31 heavy (non-hydrogen) atoms. The summed E-state index contributed by atoms with van der Waals surface area (Å²) in [5.41, 5.74) is -0.698. The van der Waals surface area contributed by atoms with Crippen LogP contribution >= 0.6 is 0 Å². The number of anilines is 1. The number of nitrogens with zero attached hydrogens (tertiary/aromatic N) is 1. The van der Waals surface area contributed by atoms with E-state index in [0.29, 0.717) is 17.9 Å². The zero-order valence-electron chi connectivity index (χ0n) is 17.4. The van der Waals surface area contributed by atoms with Crippen molar-refractivity contribution in [2.75, 3.05) is 18.1 Å². The summed E-state index contributed by atoms with van der Waals surface area (Å²) in [4.78, 5) is 41.3. The molecule has 7 nitrogen and oxygen atoms in total. The Morgan fingerprint density at radius 3 is 2.29 bits per heavy atom. The van der Waals surface area contributed by atoms with E-state index in [-0.39, 0.29) is 24.4 Å². The number of amides is 1. The summed E-state index contributed by atoms with van der Waals surface area (Å²) in [5, 5.41) is 0. The molecule has 0 saturated carbocycles. The van der Waals surface area contributed by atoms with E-state index in [1.54, 1.807) is 61.5 Å². The van der Waals surface area contributed by atoms with Gasteiger partial charge in [-0.1, -0.05) is 48.5 Å². The van der Waals surface area contributed by atoms with Gasteiger partial charge in [0, 0.05) is 24.3 Å². The van der Waals surface area contributed by atoms with Crippen molar-refractivity contribution in [2.45, 2.75) is 32.1 Å². The van der Waals surface area contributed by atoms with Crippen molar-refractivity contribution in [1.82, 2.24) is 0 Å². The maximum Gasteiger partial charge on any atom is 0.337 e. The molecule has 0 radical (unpaired) electrons. The van der Waals surface area contributed by atoms with E-state index < -0.39 is 29.5 Å². The first kappa shape index (κ1) is 20.8. The molecule has 0 spiro atoms. The monoisotopic (exact) mass is 421 g/mol. The number of ether oxygens (including phenoxy) is 3. The van der Waals surface area contributed by atoms with E-state index in [1.807, 2.05) is 13.0 Å². The first-order valence-corrected chi connectivity index (χ1v) is 10.2. The van der Waals surface area contributed by atoms with Gasteiger partial charge in [-0.3, -0.25) is 14.5 Å². The molecule has 0 aromatic heterocycles. The maximum atomic E-state index is 13.5. The smallest absolute Gasteiger partial charge is 0.337 e. The largest absolute Gasteiger partial charge is 0.464 e. The molecule has 7 heteroatoms. The topological polar surface area (TPSA) is 82.1 Å². The van der Waals surface area contributed by atoms with Gasteiger partial charge in [0.15, 0.2) is 5.54 Å². The van der Waals surface area contributed by atoms with Gasteiger partial charge in [-0.25, -0.2) is 4.79 Å². The maximum absolute atomic E-state index is 13.5. The minimum Gasteiger partial charge on any atom is -0.464 e. The van der Waals surface area contributed by atoms with Crippen LogP contribution < -0.4 is 4.90 Å². The number of benzene rings is 2. The molecule has 2 aliphatic rings. The average Bonchev–Trinajstić information content (AvgIpc) is 3.02. The summed E-state index contributed by atoms with van der Waals surface area (Å²) in [6.07, 6.45) is -0.907. The second-order valence-corrected chi connectivity index (χ2v) is 7.16. The Balaban J connectivity index is 2.02. The summed E-state index contributed by atoms with van der Waals surface area (Å²) in [6.45, 7) is 3.91. The molecule has 1 fully saturated rings. The Bertz CT molecular complexity index is 1030. The van der Waals surface area contributed by atoms with Crippen molar-refractivity contribution in [2.24, 2.45) is 0 Å². The molecule has 2 aromatic carbocycles. The van der Waals surface area contributed by atoms with Crippen molar-refractivity contribution in [3.05, 3.63) is 71.8 Å². The number of carbonyl (C=O) groups excluding carboxylic acids is 3. The molecular formula is C24H23NO6. The van der Waals surface area contributed by atoms with Crippen LogP contribution in [0.3, 0.4) is 0 Å². The van der Waals surface area contributed by atoms with Gasteiger partial charge in [0.05, 0.1) is 12.2 Å². The minimum absolute atomic E-state index is 0.0121. The van der Waals surface area contributed by atoms with E-state index in [0.717, 1.165) is 0 Å². The number of rotatable bonds is 6. The number of para-hydroxylation sites is 1. The predicted molar refractivity (Wildman–Crippen MR) is 113 cm³/mol. The van der Waals surface area contributed by atoms with E-state index in [1.165, 1.54) is 4.90 Å². The zero-order chi connectivity index (χ0) is 22.0. The molecule has 0 aliphatic carbocycles. The highest BCUT2D eigenvalue weighted by atomic mass is 16.7. The highest BCUT2D eigenvalue weighted by molar-refractivity contribution is 6.54. The predicted octanol–water partition coefficient (Wildman–Crippen LogP) is 3.10. The molecule has 160 valence electrons. The highest BCUT2D eigenvalue weighted by Crippen LogP contribution is 2.48. The first-order valence-electron chi connectivity index (χ1n) is 10.2. The fourth-order valence-electron chi connectivity index (χ4n) is 4.16. The third kappa shape index (κ3) is 3.31. The van der Waals surface area contributed by atoms with Crippen LogP contribution in [-0.2, 0) is 28.6 Å². The summed E-state index contributed by atoms with van der Waals surface area (Å²) >= 11 is 0. The van der Waals surface area contributed by atoms with Crippen LogP contribution in [-0.4, -0.2) is 42.7 Å². The fraction of sp³-hybridized carbons (Fsp3) is 0.292. The number of ketones is 1. The SMILES string of the molecule is CCOC(=O)[C@@]12C[C@H](OCC)OC(c3ccccc3)=C1C(=O)C(=O)N2c1ccccc1. The van der Waals surface area contributed by atoms with Crippen molar-refractivity contribution >= 4 is 29.1 Å². The number of fused-ring (bicyclic) bond motifs is 1. The number of hydrogen-bond donors (Lipinski definition) is 0. The lowest BCUT2D eigenvalue weighted by Crippen LogP contribution is -2.58. The Kier molecular flexibility index (Phi) is 5.61. The number of carbonyl (C=O) groups is 3. The second-order valence-electron chi connectivity index (χ2n) is 7.16. The lowest BCUT2D eigenvalue weighted by atomic mass is 9.82. The van der Waals surface area contributed by atoms with Crippen molar-refractivity contribution in [3.63, 3.8) is 0 Å². The third-order valence-corrected chi connectivity index (χ3v) is 5.37. The Hall–Kier alpha value is -3.45. The third-order valence-electron chi connectivity index (χ3n) is 5.37. The molecule has 2 atom stereocenters. The van der Waals surface area contributed by atoms with Gasteiger partial charge >= 0.3 is 11.9 Å². The molecule has 2 aliphatic heterocycles. The van der Waals surface area contributed by atoms with Crippen LogP contribution in [0.15, 0.2) is 66.2 Å². The minimum atomic E-state index is -1.69. The number of hydrogen-bond acceptors (Lipinski definition) is 6. The summed E-state index contributed by atoms with van der Waals surface area (Å²) in [6, 6.07) is 17.6. The van der Waals surface area contributed by atoms with Crippen LogP contribution in [0, 0.1) is 0 Å². The van der Waals surface area contributed by atoms with Gasteiger partial charge in [0.25, 0.3) is 5.78 Å². The molecule has 1 amide bonds. The van der Waals surface area contributed by atoms with Gasteiger partial charge in [-0.15, -0.1) is 0 Å². The average molecular weight is 421 g/mol. The first-order chi connectivity index (χ1) is 15.0. The van der Waals surface area contributed by atoms with Crippen molar-refractivity contribution < 1.29 is 28.6 Å². The Labute approximate surface area is 180 Å². The summed E-state index contributed by atoms with van der Waals surface area (Å²) < 4.78 is 17.2. The normalized spacial score (nSPS) is 22.9. The van der Waals surface area contributed by atoms with Crippen molar-refractivity contribution in [1.29, 1.82) is 0 Å². The molecule has 0 bridgehead atoms. The van der Waals surface area contributed by atoms with Crippen LogP contribution in [0.25, 0.3) is 5.76 Å². The van der Waals surface area contributed by atoms with Crippen molar-refractivity contribution in [3.8, 4) is 0 Å².